The molecule has 0 amide bonds. The Bertz CT molecular complexity index is 412. The van der Waals surface area contributed by atoms with E-state index >= 15 is 0 Å². The summed E-state index contributed by atoms with van der Waals surface area (Å²) in [6.45, 7) is 8.72. The first kappa shape index (κ1) is 12.5. The number of rotatable bonds is 4. The number of hydrogen-bond donors (Lipinski definition) is 1. The summed E-state index contributed by atoms with van der Waals surface area (Å²) in [5, 5.41) is 0. The van der Waals surface area contributed by atoms with Crippen molar-refractivity contribution in [1.29, 1.82) is 0 Å². The number of aromatic nitrogens is 2. The minimum atomic E-state index is 0.212. The molecule has 17 heavy (non-hydrogen) atoms. The van der Waals surface area contributed by atoms with E-state index in [1.807, 2.05) is 6.92 Å². The summed E-state index contributed by atoms with van der Waals surface area (Å²) in [4.78, 5) is 9.26. The van der Waals surface area contributed by atoms with Gasteiger partial charge in [0.05, 0.1) is 0 Å². The fraction of sp³-hybridized carbons (Fsp3) is 0.714. The molecule has 1 saturated carbocycles. The number of nitrogens with two attached hydrogens (primary N) is 1. The zero-order valence-electron chi connectivity index (χ0n) is 11.3. The van der Waals surface area contributed by atoms with Gasteiger partial charge in [-0.2, -0.15) is 0 Å². The van der Waals surface area contributed by atoms with Crippen molar-refractivity contribution in [2.45, 2.75) is 58.9 Å². The van der Waals surface area contributed by atoms with Gasteiger partial charge in [-0.05, 0) is 31.2 Å². The molecule has 2 rings (SSSR count). The molecule has 0 spiro atoms. The van der Waals surface area contributed by atoms with Crippen LogP contribution in [0.5, 0.6) is 0 Å². The smallest absolute Gasteiger partial charge is 0.132 e. The number of nitrogens with zero attached hydrogens (tertiary/aromatic N) is 2. The first-order valence-corrected chi connectivity index (χ1v) is 6.52. The monoisotopic (exact) mass is 233 g/mol. The maximum absolute atomic E-state index is 5.99. The molecule has 0 saturated heterocycles. The number of hydrogen-bond acceptors (Lipinski definition) is 3. The molecule has 2 unspecified atom stereocenters. The van der Waals surface area contributed by atoms with Crippen LogP contribution in [0.4, 0.5) is 0 Å². The number of aryl methyl sites for hydroxylation is 1. The second kappa shape index (κ2) is 4.37. The van der Waals surface area contributed by atoms with Gasteiger partial charge in [-0.25, -0.2) is 9.97 Å². The minimum Gasteiger partial charge on any atom is -0.327 e. The quantitative estimate of drug-likeness (QED) is 0.869. The molecule has 1 aromatic rings. The fourth-order valence-electron chi connectivity index (χ4n) is 2.24. The Balaban J connectivity index is 2.18. The maximum atomic E-state index is 5.99. The van der Waals surface area contributed by atoms with Crippen LogP contribution in [-0.4, -0.2) is 16.0 Å². The van der Waals surface area contributed by atoms with Crippen molar-refractivity contribution in [2.24, 2.45) is 11.1 Å². The Labute approximate surface area is 104 Å². The van der Waals surface area contributed by atoms with Crippen LogP contribution in [0.1, 0.15) is 56.7 Å². The predicted molar refractivity (Wildman–Crippen MR) is 69.9 cm³/mol. The van der Waals surface area contributed by atoms with Gasteiger partial charge in [-0.3, -0.25) is 0 Å². The van der Waals surface area contributed by atoms with E-state index < -0.39 is 0 Å². The molecule has 0 aliphatic heterocycles. The Hall–Kier alpha value is -0.960. The van der Waals surface area contributed by atoms with Crippen LogP contribution in [-0.2, 0) is 6.42 Å². The fourth-order valence-corrected chi connectivity index (χ4v) is 2.24. The van der Waals surface area contributed by atoms with Crippen molar-refractivity contribution in [1.82, 2.24) is 9.97 Å². The highest BCUT2D eigenvalue weighted by atomic mass is 14.9. The van der Waals surface area contributed by atoms with Gasteiger partial charge in [0.1, 0.15) is 5.82 Å². The van der Waals surface area contributed by atoms with Crippen LogP contribution in [0.2, 0.25) is 0 Å². The van der Waals surface area contributed by atoms with Crippen LogP contribution in [0.3, 0.4) is 0 Å². The standard InChI is InChI=1S/C14H23N3/c1-5-10(15)7-11-6-9(2)16-13(17-11)12-8-14(12,3)4/h6,10,12H,5,7-8,15H2,1-4H3. The highest BCUT2D eigenvalue weighted by Crippen LogP contribution is 2.57. The minimum absolute atomic E-state index is 0.212. The molecule has 0 radical (unpaired) electrons. The molecule has 2 atom stereocenters. The van der Waals surface area contributed by atoms with Gasteiger partial charge in [0.15, 0.2) is 0 Å². The van der Waals surface area contributed by atoms with Crippen LogP contribution in [0.25, 0.3) is 0 Å². The topological polar surface area (TPSA) is 51.8 Å². The molecule has 1 aliphatic rings. The van der Waals surface area contributed by atoms with Crippen molar-refractivity contribution in [2.75, 3.05) is 0 Å². The zero-order valence-corrected chi connectivity index (χ0v) is 11.3. The van der Waals surface area contributed by atoms with Crippen LogP contribution < -0.4 is 5.73 Å². The van der Waals surface area contributed by atoms with Gasteiger partial charge in [0.25, 0.3) is 0 Å². The Morgan fingerprint density at radius 2 is 2.12 bits per heavy atom. The lowest BCUT2D eigenvalue weighted by Crippen LogP contribution is -2.22. The van der Waals surface area contributed by atoms with E-state index in [9.17, 15) is 0 Å². The first-order chi connectivity index (χ1) is 7.92. The molecule has 1 fully saturated rings. The molecule has 2 N–H and O–H groups in total. The molecular formula is C14H23N3. The predicted octanol–water partition coefficient (Wildman–Crippen LogP) is 2.58. The van der Waals surface area contributed by atoms with E-state index in [2.05, 4.69) is 36.8 Å². The molecule has 3 heteroatoms. The highest BCUT2D eigenvalue weighted by Gasteiger charge is 2.48. The van der Waals surface area contributed by atoms with Crippen LogP contribution >= 0.6 is 0 Å². The van der Waals surface area contributed by atoms with Crippen LogP contribution in [0, 0.1) is 12.3 Å². The van der Waals surface area contributed by atoms with Gasteiger partial charge in [-0.1, -0.05) is 20.8 Å². The third-order valence-electron chi connectivity index (χ3n) is 3.75. The molecule has 94 valence electrons. The summed E-state index contributed by atoms with van der Waals surface area (Å²) in [6.07, 6.45) is 3.06. The van der Waals surface area contributed by atoms with Crippen molar-refractivity contribution in [3.05, 3.63) is 23.3 Å². The molecule has 1 aromatic heterocycles. The molecule has 0 bridgehead atoms. The summed E-state index contributed by atoms with van der Waals surface area (Å²) >= 11 is 0. The normalized spacial score (nSPS) is 23.5. The lowest BCUT2D eigenvalue weighted by molar-refractivity contribution is 0.598. The second-order valence-corrected chi connectivity index (χ2v) is 5.98. The van der Waals surface area contributed by atoms with Crippen LogP contribution in [0.15, 0.2) is 6.07 Å². The van der Waals surface area contributed by atoms with E-state index in [4.69, 9.17) is 5.73 Å². The van der Waals surface area contributed by atoms with E-state index in [1.165, 1.54) is 6.42 Å². The maximum Gasteiger partial charge on any atom is 0.132 e. The van der Waals surface area contributed by atoms with Crippen molar-refractivity contribution < 1.29 is 0 Å². The largest absolute Gasteiger partial charge is 0.327 e. The van der Waals surface area contributed by atoms with Gasteiger partial charge in [0.2, 0.25) is 0 Å². The third-order valence-corrected chi connectivity index (χ3v) is 3.75. The SMILES string of the molecule is CCC(N)Cc1cc(C)nc(C2CC2(C)C)n1. The average molecular weight is 233 g/mol. The van der Waals surface area contributed by atoms with Gasteiger partial charge >= 0.3 is 0 Å². The summed E-state index contributed by atoms with van der Waals surface area (Å²) in [7, 11) is 0. The van der Waals surface area contributed by atoms with E-state index in [-0.39, 0.29) is 6.04 Å². The third kappa shape index (κ3) is 2.83. The Morgan fingerprint density at radius 1 is 1.47 bits per heavy atom. The summed E-state index contributed by atoms with van der Waals surface area (Å²) in [6, 6.07) is 2.28. The highest BCUT2D eigenvalue weighted by molar-refractivity contribution is 5.20. The van der Waals surface area contributed by atoms with E-state index in [0.717, 1.165) is 30.1 Å². The summed E-state index contributed by atoms with van der Waals surface area (Å²) in [5.41, 5.74) is 8.54. The van der Waals surface area contributed by atoms with Crippen molar-refractivity contribution in [3.63, 3.8) is 0 Å². The van der Waals surface area contributed by atoms with Crippen molar-refractivity contribution in [3.8, 4) is 0 Å². The lowest BCUT2D eigenvalue weighted by Gasteiger charge is -2.10. The Kier molecular flexibility index (Phi) is 3.21. The molecule has 1 aliphatic carbocycles. The van der Waals surface area contributed by atoms with E-state index in [0.29, 0.717) is 11.3 Å². The molecule has 3 nitrogen and oxygen atoms in total. The Morgan fingerprint density at radius 3 is 2.65 bits per heavy atom. The van der Waals surface area contributed by atoms with Gasteiger partial charge in [0, 0.05) is 29.8 Å². The van der Waals surface area contributed by atoms with E-state index in [1.54, 1.807) is 0 Å². The lowest BCUT2D eigenvalue weighted by atomic mass is 10.1. The molecule has 0 aromatic carbocycles. The molecular weight excluding hydrogens is 210 g/mol. The van der Waals surface area contributed by atoms with Gasteiger partial charge in [-0.15, -0.1) is 0 Å². The summed E-state index contributed by atoms with van der Waals surface area (Å²) < 4.78 is 0. The van der Waals surface area contributed by atoms with Crippen molar-refractivity contribution >= 4 is 0 Å². The first-order valence-electron chi connectivity index (χ1n) is 6.52. The zero-order chi connectivity index (χ0) is 12.6. The second-order valence-electron chi connectivity index (χ2n) is 5.98. The summed E-state index contributed by atoms with van der Waals surface area (Å²) in [5.74, 6) is 1.56. The average Bonchev–Trinajstić information content (AvgIpc) is 2.87. The molecule has 1 heterocycles. The van der Waals surface area contributed by atoms with Gasteiger partial charge < -0.3 is 5.73 Å².